The van der Waals surface area contributed by atoms with Crippen LogP contribution in [0.3, 0.4) is 0 Å². The maximum Gasteiger partial charge on any atom is 0.152 e. The van der Waals surface area contributed by atoms with Crippen molar-refractivity contribution in [2.24, 2.45) is 5.73 Å². The van der Waals surface area contributed by atoms with Gasteiger partial charge in [0.2, 0.25) is 0 Å². The maximum atomic E-state index is 11.3. The van der Waals surface area contributed by atoms with E-state index in [0.717, 1.165) is 17.8 Å². The van der Waals surface area contributed by atoms with Crippen molar-refractivity contribution in [2.45, 2.75) is 13.1 Å². The van der Waals surface area contributed by atoms with Crippen molar-refractivity contribution in [1.82, 2.24) is 9.88 Å². The lowest BCUT2D eigenvalue weighted by Crippen LogP contribution is -2.39. The zero-order valence-electron chi connectivity index (χ0n) is 9.67. The topological polar surface area (TPSA) is 76.3 Å². The van der Waals surface area contributed by atoms with Crippen molar-refractivity contribution in [1.29, 1.82) is 0 Å². The van der Waals surface area contributed by atoms with Crippen LogP contribution in [0.1, 0.15) is 11.3 Å². The van der Waals surface area contributed by atoms with Crippen LogP contribution in [0, 0.1) is 0 Å². The molecule has 0 bridgehead atoms. The summed E-state index contributed by atoms with van der Waals surface area (Å²) in [5.74, 6) is 0.510. The fourth-order valence-corrected chi connectivity index (χ4v) is 3.23. The fraction of sp³-hybridized carbons (Fsp3) is 0.545. The third-order valence-electron chi connectivity index (χ3n) is 3.01. The van der Waals surface area contributed by atoms with E-state index in [1.54, 1.807) is 6.20 Å². The van der Waals surface area contributed by atoms with E-state index in [1.165, 1.54) is 0 Å². The molecule has 5 nitrogen and oxygen atoms in total. The summed E-state index contributed by atoms with van der Waals surface area (Å²) in [5, 5.41) is 0. The fourth-order valence-electron chi connectivity index (χ4n) is 1.95. The smallest absolute Gasteiger partial charge is 0.152 e. The SMILES string of the molecule is NCc1ncccc1CN1CCS(=O)(=O)CC1. The molecule has 2 heterocycles. The molecule has 6 heteroatoms. The van der Waals surface area contributed by atoms with Crippen molar-refractivity contribution in [2.75, 3.05) is 24.6 Å². The van der Waals surface area contributed by atoms with E-state index in [9.17, 15) is 8.42 Å². The molecule has 17 heavy (non-hydrogen) atoms. The molecule has 2 N–H and O–H groups in total. The van der Waals surface area contributed by atoms with Crippen LogP contribution >= 0.6 is 0 Å². The average molecular weight is 255 g/mol. The summed E-state index contributed by atoms with van der Waals surface area (Å²) < 4.78 is 22.6. The summed E-state index contributed by atoms with van der Waals surface area (Å²) in [6.07, 6.45) is 1.73. The van der Waals surface area contributed by atoms with Crippen LogP contribution in [0.4, 0.5) is 0 Å². The molecule has 0 spiro atoms. The van der Waals surface area contributed by atoms with Gasteiger partial charge < -0.3 is 5.73 Å². The van der Waals surface area contributed by atoms with Gasteiger partial charge in [0.25, 0.3) is 0 Å². The van der Waals surface area contributed by atoms with Crippen LogP contribution < -0.4 is 5.73 Å². The van der Waals surface area contributed by atoms with Gasteiger partial charge in [0.15, 0.2) is 9.84 Å². The van der Waals surface area contributed by atoms with Crippen LogP contribution in [-0.2, 0) is 22.9 Å². The lowest BCUT2D eigenvalue weighted by Gasteiger charge is -2.26. The molecule has 1 aliphatic heterocycles. The summed E-state index contributed by atoms with van der Waals surface area (Å²) in [7, 11) is -2.81. The number of rotatable bonds is 3. The molecule has 1 aliphatic rings. The van der Waals surface area contributed by atoms with E-state index in [-0.39, 0.29) is 11.5 Å². The Labute approximate surface area is 102 Å². The Balaban J connectivity index is 2.02. The number of pyridine rings is 1. The van der Waals surface area contributed by atoms with E-state index in [0.29, 0.717) is 19.6 Å². The number of sulfone groups is 1. The normalized spacial score (nSPS) is 20.3. The second-order valence-electron chi connectivity index (χ2n) is 4.24. The van der Waals surface area contributed by atoms with Gasteiger partial charge in [-0.15, -0.1) is 0 Å². The number of aromatic nitrogens is 1. The lowest BCUT2D eigenvalue weighted by atomic mass is 10.2. The van der Waals surface area contributed by atoms with Crippen molar-refractivity contribution in [3.05, 3.63) is 29.6 Å². The Morgan fingerprint density at radius 1 is 1.35 bits per heavy atom. The van der Waals surface area contributed by atoms with Crippen molar-refractivity contribution >= 4 is 9.84 Å². The quantitative estimate of drug-likeness (QED) is 0.807. The molecule has 0 aromatic carbocycles. The minimum atomic E-state index is -2.81. The van der Waals surface area contributed by atoms with E-state index < -0.39 is 9.84 Å². The molecular weight excluding hydrogens is 238 g/mol. The zero-order valence-corrected chi connectivity index (χ0v) is 10.5. The number of nitrogens with two attached hydrogens (primary N) is 1. The first-order chi connectivity index (χ1) is 8.11. The van der Waals surface area contributed by atoms with Crippen molar-refractivity contribution in [3.8, 4) is 0 Å². The van der Waals surface area contributed by atoms with Crippen LogP contribution in [-0.4, -0.2) is 42.9 Å². The Morgan fingerprint density at radius 3 is 2.71 bits per heavy atom. The van der Waals surface area contributed by atoms with Gasteiger partial charge in [0, 0.05) is 32.4 Å². The largest absolute Gasteiger partial charge is 0.325 e. The van der Waals surface area contributed by atoms with Crippen molar-refractivity contribution in [3.63, 3.8) is 0 Å². The molecule has 2 rings (SSSR count). The summed E-state index contributed by atoms with van der Waals surface area (Å²) in [6, 6.07) is 3.88. The predicted octanol–water partition coefficient (Wildman–Crippen LogP) is -0.229. The summed E-state index contributed by atoms with van der Waals surface area (Å²) in [4.78, 5) is 6.36. The van der Waals surface area contributed by atoms with E-state index in [1.807, 2.05) is 12.1 Å². The first kappa shape index (κ1) is 12.5. The number of hydrogen-bond acceptors (Lipinski definition) is 5. The second kappa shape index (κ2) is 5.12. The molecule has 94 valence electrons. The highest BCUT2D eigenvalue weighted by Gasteiger charge is 2.21. The van der Waals surface area contributed by atoms with E-state index in [4.69, 9.17) is 5.73 Å². The summed E-state index contributed by atoms with van der Waals surface area (Å²) in [6.45, 7) is 2.35. The molecule has 0 amide bonds. The van der Waals surface area contributed by atoms with E-state index in [2.05, 4.69) is 9.88 Å². The Bertz CT molecular complexity index is 473. The van der Waals surface area contributed by atoms with Gasteiger partial charge in [-0.3, -0.25) is 9.88 Å². The van der Waals surface area contributed by atoms with Crippen LogP contribution in [0.15, 0.2) is 18.3 Å². The number of hydrogen-bond donors (Lipinski definition) is 1. The van der Waals surface area contributed by atoms with Gasteiger partial charge in [0.05, 0.1) is 17.2 Å². The maximum absolute atomic E-state index is 11.3. The monoisotopic (exact) mass is 255 g/mol. The van der Waals surface area contributed by atoms with Gasteiger partial charge in [-0.2, -0.15) is 0 Å². The Morgan fingerprint density at radius 2 is 2.06 bits per heavy atom. The Kier molecular flexibility index (Phi) is 3.76. The average Bonchev–Trinajstić information content (AvgIpc) is 2.32. The van der Waals surface area contributed by atoms with Gasteiger partial charge in [-0.1, -0.05) is 6.07 Å². The third kappa shape index (κ3) is 3.24. The predicted molar refractivity (Wildman–Crippen MR) is 66.1 cm³/mol. The molecular formula is C11H17N3O2S. The molecule has 0 aliphatic carbocycles. The lowest BCUT2D eigenvalue weighted by molar-refractivity contribution is 0.286. The van der Waals surface area contributed by atoms with Crippen LogP contribution in [0.2, 0.25) is 0 Å². The first-order valence-corrected chi connectivity index (χ1v) is 7.48. The molecule has 0 atom stereocenters. The number of nitrogens with zero attached hydrogens (tertiary/aromatic N) is 2. The molecule has 0 unspecified atom stereocenters. The highest BCUT2D eigenvalue weighted by Crippen LogP contribution is 2.11. The molecule has 1 saturated heterocycles. The molecule has 1 aromatic rings. The van der Waals surface area contributed by atoms with Gasteiger partial charge >= 0.3 is 0 Å². The minimum Gasteiger partial charge on any atom is -0.325 e. The molecule has 1 fully saturated rings. The van der Waals surface area contributed by atoms with E-state index >= 15 is 0 Å². The minimum absolute atomic E-state index is 0.255. The second-order valence-corrected chi connectivity index (χ2v) is 6.54. The van der Waals surface area contributed by atoms with Gasteiger partial charge in [-0.05, 0) is 11.6 Å². The van der Waals surface area contributed by atoms with Gasteiger partial charge in [0.1, 0.15) is 0 Å². The van der Waals surface area contributed by atoms with Crippen LogP contribution in [0.25, 0.3) is 0 Å². The third-order valence-corrected chi connectivity index (χ3v) is 4.62. The van der Waals surface area contributed by atoms with Crippen LogP contribution in [0.5, 0.6) is 0 Å². The highest BCUT2D eigenvalue weighted by molar-refractivity contribution is 7.91. The molecule has 0 radical (unpaired) electrons. The first-order valence-electron chi connectivity index (χ1n) is 5.66. The summed E-state index contributed by atoms with van der Waals surface area (Å²) >= 11 is 0. The molecule has 1 aromatic heterocycles. The highest BCUT2D eigenvalue weighted by atomic mass is 32.2. The van der Waals surface area contributed by atoms with Gasteiger partial charge in [-0.25, -0.2) is 8.42 Å². The standard InChI is InChI=1S/C11H17N3O2S/c12-8-11-10(2-1-3-13-11)9-14-4-6-17(15,16)7-5-14/h1-3H,4-9,12H2. The zero-order chi connectivity index (χ0) is 12.3. The summed E-state index contributed by atoms with van der Waals surface area (Å²) in [5.41, 5.74) is 7.60. The molecule has 0 saturated carbocycles. The van der Waals surface area contributed by atoms with Crippen molar-refractivity contribution < 1.29 is 8.42 Å². The Hall–Kier alpha value is -0.980.